The fourth-order valence-corrected chi connectivity index (χ4v) is 2.29. The summed E-state index contributed by atoms with van der Waals surface area (Å²) in [6.45, 7) is 2.71. The topological polar surface area (TPSA) is 55.6 Å². The number of hydrogen-bond acceptors (Lipinski definition) is 3. The van der Waals surface area contributed by atoms with Crippen molar-refractivity contribution in [2.45, 2.75) is 25.5 Å². The Morgan fingerprint density at radius 3 is 2.72 bits per heavy atom. The summed E-state index contributed by atoms with van der Waals surface area (Å²) in [6, 6.07) is 7.45. The summed E-state index contributed by atoms with van der Waals surface area (Å²) in [6.07, 6.45) is 2.71. The number of carbonyl (C=O) groups is 1. The molecular weight excluding hydrogens is 228 g/mol. The van der Waals surface area contributed by atoms with Crippen LogP contribution in [0.15, 0.2) is 24.3 Å². The highest BCUT2D eigenvalue weighted by Crippen LogP contribution is 2.14. The van der Waals surface area contributed by atoms with Crippen LogP contribution in [0.4, 0.5) is 0 Å². The number of benzene rings is 1. The third-order valence-corrected chi connectivity index (χ3v) is 3.23. The molecule has 0 spiro atoms. The lowest BCUT2D eigenvalue weighted by Gasteiger charge is -2.20. The van der Waals surface area contributed by atoms with Gasteiger partial charge in [0.25, 0.3) is 0 Å². The van der Waals surface area contributed by atoms with Crippen LogP contribution in [0, 0.1) is 0 Å². The summed E-state index contributed by atoms with van der Waals surface area (Å²) in [5.74, 6) is -0.380. The first-order chi connectivity index (χ1) is 8.65. The van der Waals surface area contributed by atoms with Gasteiger partial charge in [0, 0.05) is 25.3 Å². The molecule has 0 aliphatic carbocycles. The molecule has 1 amide bonds. The predicted octanol–water partition coefficient (Wildman–Crippen LogP) is 1.40. The average Bonchev–Trinajstić information content (AvgIpc) is 2.82. The zero-order valence-electron chi connectivity index (χ0n) is 10.8. The number of rotatable bonds is 5. The highest BCUT2D eigenvalue weighted by molar-refractivity contribution is 5.92. The molecule has 4 heteroatoms. The summed E-state index contributed by atoms with van der Waals surface area (Å²) in [7, 11) is 2.09. The highest BCUT2D eigenvalue weighted by atomic mass is 16.5. The zero-order valence-corrected chi connectivity index (χ0v) is 10.8. The van der Waals surface area contributed by atoms with E-state index >= 15 is 0 Å². The lowest BCUT2D eigenvalue weighted by Crippen LogP contribution is -2.28. The number of primary amides is 1. The molecule has 0 radical (unpaired) electrons. The molecule has 2 rings (SSSR count). The first-order valence-corrected chi connectivity index (χ1v) is 6.34. The van der Waals surface area contributed by atoms with Crippen LogP contribution < -0.4 is 5.73 Å². The van der Waals surface area contributed by atoms with E-state index in [-0.39, 0.29) is 5.91 Å². The normalized spacial score (nSPS) is 19.3. The minimum Gasteiger partial charge on any atom is -0.377 e. The maximum absolute atomic E-state index is 11.0. The third kappa shape index (κ3) is 3.55. The molecule has 2 N–H and O–H groups in total. The number of likely N-dealkylation sites (N-methyl/N-ethyl adjacent to an activating group) is 1. The Morgan fingerprint density at radius 1 is 1.44 bits per heavy atom. The van der Waals surface area contributed by atoms with Crippen molar-refractivity contribution < 1.29 is 9.53 Å². The van der Waals surface area contributed by atoms with Crippen LogP contribution in [0.5, 0.6) is 0 Å². The van der Waals surface area contributed by atoms with Crippen LogP contribution in [-0.4, -0.2) is 37.1 Å². The van der Waals surface area contributed by atoms with Crippen LogP contribution in [-0.2, 0) is 11.3 Å². The summed E-state index contributed by atoms with van der Waals surface area (Å²) >= 11 is 0. The van der Waals surface area contributed by atoms with Gasteiger partial charge in [-0.15, -0.1) is 0 Å². The number of carbonyl (C=O) groups excluding carboxylic acids is 1. The Balaban J connectivity index is 1.86. The van der Waals surface area contributed by atoms with Crippen molar-refractivity contribution in [3.63, 3.8) is 0 Å². The molecule has 0 aromatic heterocycles. The lowest BCUT2D eigenvalue weighted by molar-refractivity contribution is 0.0793. The molecule has 1 aliphatic rings. The second-order valence-electron chi connectivity index (χ2n) is 4.89. The van der Waals surface area contributed by atoms with E-state index < -0.39 is 0 Å². The monoisotopic (exact) mass is 248 g/mol. The van der Waals surface area contributed by atoms with Gasteiger partial charge in [0.2, 0.25) is 5.91 Å². The molecule has 18 heavy (non-hydrogen) atoms. The van der Waals surface area contributed by atoms with Gasteiger partial charge in [0.1, 0.15) is 0 Å². The van der Waals surface area contributed by atoms with Crippen LogP contribution in [0.3, 0.4) is 0 Å². The van der Waals surface area contributed by atoms with E-state index in [0.29, 0.717) is 11.7 Å². The fourth-order valence-electron chi connectivity index (χ4n) is 2.29. The van der Waals surface area contributed by atoms with Crippen molar-refractivity contribution in [3.05, 3.63) is 35.4 Å². The van der Waals surface area contributed by atoms with Crippen LogP contribution >= 0.6 is 0 Å². The smallest absolute Gasteiger partial charge is 0.248 e. The molecule has 0 saturated carbocycles. The Morgan fingerprint density at radius 2 is 2.17 bits per heavy atom. The Labute approximate surface area is 108 Å². The second-order valence-corrected chi connectivity index (χ2v) is 4.89. The highest BCUT2D eigenvalue weighted by Gasteiger charge is 2.17. The second kappa shape index (κ2) is 5.98. The van der Waals surface area contributed by atoms with Gasteiger partial charge in [-0.05, 0) is 37.6 Å². The standard InChI is InChI=1S/C14H20N2O2/c1-16(10-13-3-2-8-18-13)9-11-4-6-12(7-5-11)14(15)17/h4-7,13H,2-3,8-10H2,1H3,(H2,15,17). The number of nitrogens with zero attached hydrogens (tertiary/aromatic N) is 1. The summed E-state index contributed by atoms with van der Waals surface area (Å²) in [5, 5.41) is 0. The average molecular weight is 248 g/mol. The van der Waals surface area contributed by atoms with Gasteiger partial charge >= 0.3 is 0 Å². The van der Waals surface area contributed by atoms with Gasteiger partial charge in [-0.3, -0.25) is 9.69 Å². The molecule has 1 aromatic rings. The van der Waals surface area contributed by atoms with E-state index in [2.05, 4.69) is 11.9 Å². The summed E-state index contributed by atoms with van der Waals surface area (Å²) in [4.78, 5) is 13.2. The Hall–Kier alpha value is -1.39. The zero-order chi connectivity index (χ0) is 13.0. The van der Waals surface area contributed by atoms with E-state index in [0.717, 1.165) is 26.1 Å². The Kier molecular flexibility index (Phi) is 4.33. The lowest BCUT2D eigenvalue weighted by atomic mass is 10.1. The van der Waals surface area contributed by atoms with E-state index in [4.69, 9.17) is 10.5 Å². The third-order valence-electron chi connectivity index (χ3n) is 3.23. The molecule has 0 bridgehead atoms. The summed E-state index contributed by atoms with van der Waals surface area (Å²) < 4.78 is 5.61. The fraction of sp³-hybridized carbons (Fsp3) is 0.500. The van der Waals surface area contributed by atoms with E-state index in [1.54, 1.807) is 12.1 Å². The molecule has 98 valence electrons. The van der Waals surface area contributed by atoms with E-state index in [9.17, 15) is 4.79 Å². The molecule has 1 saturated heterocycles. The maximum atomic E-state index is 11.0. The van der Waals surface area contributed by atoms with Crippen LogP contribution in [0.25, 0.3) is 0 Å². The first-order valence-electron chi connectivity index (χ1n) is 6.34. The molecule has 1 aliphatic heterocycles. The largest absolute Gasteiger partial charge is 0.377 e. The van der Waals surface area contributed by atoms with Crippen LogP contribution in [0.1, 0.15) is 28.8 Å². The van der Waals surface area contributed by atoms with E-state index in [1.807, 2.05) is 12.1 Å². The first kappa shape index (κ1) is 13.1. The molecule has 1 aromatic carbocycles. The summed E-state index contributed by atoms with van der Waals surface area (Å²) in [5.41, 5.74) is 6.95. The van der Waals surface area contributed by atoms with Crippen molar-refractivity contribution in [3.8, 4) is 0 Å². The number of hydrogen-bond donors (Lipinski definition) is 1. The number of nitrogens with two attached hydrogens (primary N) is 1. The maximum Gasteiger partial charge on any atom is 0.248 e. The van der Waals surface area contributed by atoms with Crippen molar-refractivity contribution in [1.82, 2.24) is 4.90 Å². The van der Waals surface area contributed by atoms with Crippen molar-refractivity contribution in [2.24, 2.45) is 5.73 Å². The Bertz CT molecular complexity index is 397. The van der Waals surface area contributed by atoms with Gasteiger partial charge in [-0.2, -0.15) is 0 Å². The van der Waals surface area contributed by atoms with Gasteiger partial charge in [0.05, 0.1) is 6.10 Å². The SMILES string of the molecule is CN(Cc1ccc(C(N)=O)cc1)CC1CCCO1. The number of amides is 1. The molecule has 4 nitrogen and oxygen atoms in total. The molecule has 1 unspecified atom stereocenters. The van der Waals surface area contributed by atoms with Crippen molar-refractivity contribution in [2.75, 3.05) is 20.2 Å². The molecular formula is C14H20N2O2. The van der Waals surface area contributed by atoms with Gasteiger partial charge < -0.3 is 10.5 Å². The van der Waals surface area contributed by atoms with Gasteiger partial charge in [-0.25, -0.2) is 0 Å². The van der Waals surface area contributed by atoms with Crippen molar-refractivity contribution in [1.29, 1.82) is 0 Å². The number of ether oxygens (including phenoxy) is 1. The van der Waals surface area contributed by atoms with Crippen molar-refractivity contribution >= 4 is 5.91 Å². The van der Waals surface area contributed by atoms with Gasteiger partial charge in [-0.1, -0.05) is 12.1 Å². The molecule has 1 heterocycles. The minimum atomic E-state index is -0.380. The quantitative estimate of drug-likeness (QED) is 0.857. The van der Waals surface area contributed by atoms with Gasteiger partial charge in [0.15, 0.2) is 0 Å². The van der Waals surface area contributed by atoms with E-state index in [1.165, 1.54) is 12.0 Å². The molecule has 1 fully saturated rings. The minimum absolute atomic E-state index is 0.375. The molecule has 1 atom stereocenters. The van der Waals surface area contributed by atoms with Crippen LogP contribution in [0.2, 0.25) is 0 Å². The predicted molar refractivity (Wildman–Crippen MR) is 70.3 cm³/mol.